The van der Waals surface area contributed by atoms with Gasteiger partial charge in [0.15, 0.2) is 0 Å². The van der Waals surface area contributed by atoms with Crippen LogP contribution >= 0.6 is 38.9 Å². The lowest BCUT2D eigenvalue weighted by Crippen LogP contribution is -2.05. The van der Waals surface area contributed by atoms with Crippen molar-refractivity contribution in [1.29, 1.82) is 0 Å². The van der Waals surface area contributed by atoms with Crippen LogP contribution in [0.2, 0.25) is 0 Å². The van der Waals surface area contributed by atoms with Crippen LogP contribution in [0, 0.1) is 0 Å². The monoisotopic (exact) mass is 355 g/mol. The van der Waals surface area contributed by atoms with Crippen LogP contribution in [0.25, 0.3) is 11.0 Å². The van der Waals surface area contributed by atoms with E-state index in [1.165, 1.54) is 4.88 Å². The van der Waals surface area contributed by atoms with E-state index in [9.17, 15) is 0 Å². The van der Waals surface area contributed by atoms with Gasteiger partial charge in [0.2, 0.25) is 0 Å². The predicted octanol–water partition coefficient (Wildman–Crippen LogP) is 4.60. The summed E-state index contributed by atoms with van der Waals surface area (Å²) in [5.74, 6) is 0.880. The van der Waals surface area contributed by atoms with Crippen LogP contribution < -0.4 is 0 Å². The highest BCUT2D eigenvalue weighted by Crippen LogP contribution is 2.29. The minimum atomic E-state index is -0.133. The smallest absolute Gasteiger partial charge is 0.128 e. The van der Waals surface area contributed by atoms with Crippen LogP contribution in [-0.4, -0.2) is 14.5 Å². The minimum Gasteiger partial charge on any atom is -0.321 e. The number of nitrogens with zero attached hydrogens (tertiary/aromatic N) is 3. The molecule has 0 aliphatic heterocycles. The van der Waals surface area contributed by atoms with Gasteiger partial charge in [0.25, 0.3) is 0 Å². The van der Waals surface area contributed by atoms with Crippen LogP contribution in [0.3, 0.4) is 0 Å². The van der Waals surface area contributed by atoms with E-state index >= 15 is 0 Å². The van der Waals surface area contributed by atoms with Crippen molar-refractivity contribution < 1.29 is 0 Å². The summed E-state index contributed by atoms with van der Waals surface area (Å²) < 4.78 is 3.28. The SMILES string of the molecule is CC(Cl)c1nc2cnccc2n1Cc1sccc1Br. The molecule has 0 fully saturated rings. The number of aromatic nitrogens is 3. The molecule has 1 unspecified atom stereocenters. The summed E-state index contributed by atoms with van der Waals surface area (Å²) in [6.45, 7) is 2.71. The van der Waals surface area contributed by atoms with Gasteiger partial charge >= 0.3 is 0 Å². The quantitative estimate of drug-likeness (QED) is 0.642. The maximum absolute atomic E-state index is 6.25. The number of pyridine rings is 1. The number of rotatable bonds is 3. The van der Waals surface area contributed by atoms with E-state index in [2.05, 4.69) is 41.9 Å². The molecule has 3 heterocycles. The molecular formula is C13H11BrClN3S. The van der Waals surface area contributed by atoms with Crippen molar-refractivity contribution in [2.24, 2.45) is 0 Å². The van der Waals surface area contributed by atoms with E-state index in [1.54, 1.807) is 23.7 Å². The molecular weight excluding hydrogens is 346 g/mol. The molecule has 0 N–H and O–H groups in total. The fraction of sp³-hybridized carbons (Fsp3) is 0.231. The summed E-state index contributed by atoms with van der Waals surface area (Å²) in [7, 11) is 0. The number of thiophene rings is 1. The third-order valence-corrected chi connectivity index (χ3v) is 5.03. The Hall–Kier alpha value is -0.910. The topological polar surface area (TPSA) is 30.7 Å². The summed E-state index contributed by atoms with van der Waals surface area (Å²) in [6, 6.07) is 4.04. The van der Waals surface area contributed by atoms with Crippen molar-refractivity contribution in [2.45, 2.75) is 18.8 Å². The fourth-order valence-electron chi connectivity index (χ4n) is 2.05. The highest BCUT2D eigenvalue weighted by atomic mass is 79.9. The van der Waals surface area contributed by atoms with Crippen LogP contribution in [0.15, 0.2) is 34.4 Å². The van der Waals surface area contributed by atoms with Crippen LogP contribution in [0.1, 0.15) is 23.0 Å². The first-order valence-electron chi connectivity index (χ1n) is 5.83. The van der Waals surface area contributed by atoms with E-state index in [-0.39, 0.29) is 5.38 Å². The molecule has 3 aromatic rings. The number of hydrogen-bond donors (Lipinski definition) is 0. The molecule has 0 amide bonds. The molecule has 0 aromatic carbocycles. The molecule has 0 aliphatic rings. The first-order chi connectivity index (χ1) is 9.16. The Morgan fingerprint density at radius 2 is 2.32 bits per heavy atom. The Bertz CT molecular complexity index is 720. The number of fused-ring (bicyclic) bond motifs is 1. The second-order valence-corrected chi connectivity index (χ2v) is 6.74. The largest absolute Gasteiger partial charge is 0.321 e. The number of halogens is 2. The Morgan fingerprint density at radius 1 is 1.47 bits per heavy atom. The third-order valence-electron chi connectivity index (χ3n) is 2.93. The van der Waals surface area contributed by atoms with E-state index in [0.717, 1.165) is 27.9 Å². The molecule has 19 heavy (non-hydrogen) atoms. The first-order valence-corrected chi connectivity index (χ1v) is 7.94. The minimum absolute atomic E-state index is 0.133. The van der Waals surface area contributed by atoms with Crippen molar-refractivity contribution in [3.8, 4) is 0 Å². The van der Waals surface area contributed by atoms with Gasteiger partial charge in [-0.2, -0.15) is 0 Å². The van der Waals surface area contributed by atoms with Gasteiger partial charge in [-0.05, 0) is 40.4 Å². The summed E-state index contributed by atoms with van der Waals surface area (Å²) in [5.41, 5.74) is 1.95. The average molecular weight is 357 g/mol. The van der Waals surface area contributed by atoms with Gasteiger partial charge in [-0.25, -0.2) is 4.98 Å². The van der Waals surface area contributed by atoms with Gasteiger partial charge in [0, 0.05) is 15.5 Å². The number of imidazole rings is 1. The lowest BCUT2D eigenvalue weighted by molar-refractivity contribution is 0.749. The van der Waals surface area contributed by atoms with Crippen molar-refractivity contribution in [2.75, 3.05) is 0 Å². The molecule has 6 heteroatoms. The molecule has 0 radical (unpaired) electrons. The summed E-state index contributed by atoms with van der Waals surface area (Å²) in [4.78, 5) is 9.95. The Morgan fingerprint density at radius 3 is 3.00 bits per heavy atom. The van der Waals surface area contributed by atoms with Crippen LogP contribution in [0.5, 0.6) is 0 Å². The Labute approximate surface area is 128 Å². The fourth-order valence-corrected chi connectivity index (χ4v) is 3.68. The standard InChI is InChI=1S/C13H11BrClN3S/c1-8(15)13-17-10-6-16-4-2-11(10)18(13)7-12-9(14)3-5-19-12/h2-6,8H,7H2,1H3. The van der Waals surface area contributed by atoms with Gasteiger partial charge in [0.1, 0.15) is 11.3 Å². The van der Waals surface area contributed by atoms with Gasteiger partial charge < -0.3 is 4.57 Å². The Kier molecular flexibility index (Phi) is 3.60. The summed E-state index contributed by atoms with van der Waals surface area (Å²) in [5, 5.41) is 1.94. The normalized spacial score (nSPS) is 13.0. The second-order valence-electron chi connectivity index (χ2n) is 4.23. The summed E-state index contributed by atoms with van der Waals surface area (Å²) >= 11 is 11.5. The maximum Gasteiger partial charge on any atom is 0.128 e. The zero-order chi connectivity index (χ0) is 13.4. The van der Waals surface area contributed by atoms with Crippen molar-refractivity contribution in [1.82, 2.24) is 14.5 Å². The summed E-state index contributed by atoms with van der Waals surface area (Å²) in [6.07, 6.45) is 3.56. The number of hydrogen-bond acceptors (Lipinski definition) is 3. The highest BCUT2D eigenvalue weighted by molar-refractivity contribution is 9.10. The van der Waals surface area contributed by atoms with E-state index in [4.69, 9.17) is 11.6 Å². The lowest BCUT2D eigenvalue weighted by Gasteiger charge is -2.09. The van der Waals surface area contributed by atoms with Gasteiger partial charge in [-0.15, -0.1) is 22.9 Å². The van der Waals surface area contributed by atoms with Gasteiger partial charge in [0.05, 0.1) is 23.6 Å². The highest BCUT2D eigenvalue weighted by Gasteiger charge is 2.16. The van der Waals surface area contributed by atoms with Gasteiger partial charge in [-0.3, -0.25) is 4.98 Å². The molecule has 0 bridgehead atoms. The van der Waals surface area contributed by atoms with Crippen LogP contribution in [-0.2, 0) is 6.54 Å². The number of alkyl halides is 1. The zero-order valence-corrected chi connectivity index (χ0v) is 13.3. The van der Waals surface area contributed by atoms with Gasteiger partial charge in [-0.1, -0.05) is 0 Å². The van der Waals surface area contributed by atoms with E-state index in [1.807, 2.05) is 13.0 Å². The third kappa shape index (κ3) is 2.42. The Balaban J connectivity index is 2.15. The molecule has 98 valence electrons. The molecule has 0 aliphatic carbocycles. The van der Waals surface area contributed by atoms with Crippen molar-refractivity contribution >= 4 is 49.9 Å². The molecule has 3 rings (SSSR count). The van der Waals surface area contributed by atoms with Crippen LogP contribution in [0.4, 0.5) is 0 Å². The zero-order valence-electron chi connectivity index (χ0n) is 10.2. The van der Waals surface area contributed by atoms with Crippen molar-refractivity contribution in [3.63, 3.8) is 0 Å². The molecule has 0 spiro atoms. The molecule has 3 aromatic heterocycles. The molecule has 0 saturated heterocycles. The molecule has 3 nitrogen and oxygen atoms in total. The van der Waals surface area contributed by atoms with Crippen molar-refractivity contribution in [3.05, 3.63) is 45.1 Å². The predicted molar refractivity (Wildman–Crippen MR) is 82.9 cm³/mol. The molecule has 0 saturated carbocycles. The second kappa shape index (κ2) is 5.23. The molecule has 1 atom stereocenters. The maximum atomic E-state index is 6.25. The van der Waals surface area contributed by atoms with E-state index < -0.39 is 0 Å². The van der Waals surface area contributed by atoms with E-state index in [0.29, 0.717) is 0 Å². The first kappa shape index (κ1) is 13.1. The average Bonchev–Trinajstić information content (AvgIpc) is 2.95. The lowest BCUT2D eigenvalue weighted by atomic mass is 10.3.